The number of esters is 1. The van der Waals surface area contributed by atoms with Gasteiger partial charge < -0.3 is 10.1 Å². The number of thiazole rings is 1. The van der Waals surface area contributed by atoms with Gasteiger partial charge in [-0.05, 0) is 18.4 Å². The number of fused-ring (bicyclic) bond motifs is 1. The van der Waals surface area contributed by atoms with Gasteiger partial charge >= 0.3 is 5.97 Å². The Morgan fingerprint density at radius 3 is 2.52 bits per heavy atom. The van der Waals surface area contributed by atoms with Crippen LogP contribution in [0.1, 0.15) is 15.4 Å². The highest BCUT2D eigenvalue weighted by atomic mass is 32.1. The third-order valence-electron chi connectivity index (χ3n) is 4.40. The number of aryl methyl sites for hydroxylation is 1. The van der Waals surface area contributed by atoms with E-state index in [9.17, 15) is 9.59 Å². The lowest BCUT2D eigenvalue weighted by Gasteiger charge is -2.09. The molecule has 5 nitrogen and oxygen atoms in total. The van der Waals surface area contributed by atoms with E-state index in [-0.39, 0.29) is 12.5 Å². The van der Waals surface area contributed by atoms with E-state index in [0.717, 1.165) is 21.3 Å². The Morgan fingerprint density at radius 2 is 1.69 bits per heavy atom. The Morgan fingerprint density at radius 1 is 0.966 bits per heavy atom. The summed E-state index contributed by atoms with van der Waals surface area (Å²) < 4.78 is 5.22. The van der Waals surface area contributed by atoms with Crippen molar-refractivity contribution < 1.29 is 14.3 Å². The van der Waals surface area contributed by atoms with Crippen molar-refractivity contribution in [2.24, 2.45) is 0 Å². The normalized spacial score (nSPS) is 10.7. The molecule has 0 bridgehead atoms. The largest absolute Gasteiger partial charge is 0.451 e. The molecule has 0 aliphatic rings. The second kappa shape index (κ2) is 8.24. The highest BCUT2D eigenvalue weighted by Crippen LogP contribution is 2.28. The van der Waals surface area contributed by atoms with Crippen molar-refractivity contribution >= 4 is 39.7 Å². The number of benzene rings is 3. The maximum Gasteiger partial charge on any atom is 0.350 e. The fourth-order valence-electron chi connectivity index (χ4n) is 3.01. The molecule has 0 radical (unpaired) electrons. The van der Waals surface area contributed by atoms with Gasteiger partial charge in [-0.2, -0.15) is 0 Å². The monoisotopic (exact) mass is 402 g/mol. The van der Waals surface area contributed by atoms with Gasteiger partial charge in [-0.1, -0.05) is 66.7 Å². The van der Waals surface area contributed by atoms with Crippen LogP contribution >= 0.6 is 11.3 Å². The van der Waals surface area contributed by atoms with Crippen molar-refractivity contribution in [2.45, 2.75) is 6.92 Å². The first-order chi connectivity index (χ1) is 14.1. The molecule has 0 saturated heterocycles. The summed E-state index contributed by atoms with van der Waals surface area (Å²) in [5.41, 5.74) is 2.21. The third-order valence-corrected chi connectivity index (χ3v) is 5.59. The highest BCUT2D eigenvalue weighted by Gasteiger charge is 2.19. The van der Waals surface area contributed by atoms with E-state index in [4.69, 9.17) is 4.74 Å². The van der Waals surface area contributed by atoms with Gasteiger partial charge in [0.25, 0.3) is 5.91 Å². The maximum absolute atomic E-state index is 12.4. The number of ether oxygens (including phenoxy) is 1. The van der Waals surface area contributed by atoms with Gasteiger partial charge in [-0.3, -0.25) is 4.79 Å². The molecule has 4 aromatic rings. The fraction of sp³-hybridized carbons (Fsp3) is 0.0870. The molecule has 0 aliphatic heterocycles. The van der Waals surface area contributed by atoms with Gasteiger partial charge in [0.15, 0.2) is 6.61 Å². The number of amides is 1. The first-order valence-corrected chi connectivity index (χ1v) is 9.91. The summed E-state index contributed by atoms with van der Waals surface area (Å²) in [6, 6.07) is 23.1. The number of carbonyl (C=O) groups is 2. The molecule has 0 atom stereocenters. The molecule has 4 rings (SSSR count). The quantitative estimate of drug-likeness (QED) is 0.474. The Kier molecular flexibility index (Phi) is 5.35. The van der Waals surface area contributed by atoms with Crippen molar-refractivity contribution in [3.8, 4) is 10.6 Å². The molecule has 1 amide bonds. The molecular formula is C23H18N2O3S. The van der Waals surface area contributed by atoms with Crippen LogP contribution in [0.25, 0.3) is 21.3 Å². The molecule has 6 heteroatoms. The molecule has 0 aliphatic carbocycles. The van der Waals surface area contributed by atoms with Gasteiger partial charge in [0.2, 0.25) is 0 Å². The number of hydrogen-bond acceptors (Lipinski definition) is 5. The lowest BCUT2D eigenvalue weighted by molar-refractivity contribution is -0.119. The summed E-state index contributed by atoms with van der Waals surface area (Å²) in [5, 5.41) is 5.51. The number of nitrogens with zero attached hydrogens (tertiary/aromatic N) is 1. The molecule has 0 saturated carbocycles. The summed E-state index contributed by atoms with van der Waals surface area (Å²) in [4.78, 5) is 29.6. The van der Waals surface area contributed by atoms with Gasteiger partial charge in [0.1, 0.15) is 9.88 Å². The van der Waals surface area contributed by atoms with Gasteiger partial charge in [0.05, 0.1) is 5.69 Å². The van der Waals surface area contributed by atoms with Gasteiger partial charge in [0, 0.05) is 16.6 Å². The number of hydrogen-bond donors (Lipinski definition) is 1. The van der Waals surface area contributed by atoms with Crippen molar-refractivity contribution in [3.63, 3.8) is 0 Å². The van der Waals surface area contributed by atoms with E-state index in [0.29, 0.717) is 16.3 Å². The highest BCUT2D eigenvalue weighted by molar-refractivity contribution is 7.17. The lowest BCUT2D eigenvalue weighted by atomic mass is 10.1. The van der Waals surface area contributed by atoms with Crippen molar-refractivity contribution in [2.75, 3.05) is 11.9 Å². The zero-order chi connectivity index (χ0) is 20.2. The molecule has 1 heterocycles. The van der Waals surface area contributed by atoms with E-state index in [2.05, 4.69) is 10.3 Å². The summed E-state index contributed by atoms with van der Waals surface area (Å²) in [7, 11) is 0. The van der Waals surface area contributed by atoms with Crippen LogP contribution < -0.4 is 5.32 Å². The second-order valence-corrected chi connectivity index (χ2v) is 7.45. The Labute approximate surface area is 172 Å². The molecule has 3 aromatic carbocycles. The molecule has 0 unspecified atom stereocenters. The molecular weight excluding hydrogens is 384 g/mol. The number of rotatable bonds is 5. The zero-order valence-electron chi connectivity index (χ0n) is 15.7. The lowest BCUT2D eigenvalue weighted by Crippen LogP contribution is -2.21. The minimum atomic E-state index is -0.546. The van der Waals surface area contributed by atoms with E-state index >= 15 is 0 Å². The standard InChI is InChI=1S/C23H18N2O3S/c1-15-21(29-22(24-15)17-9-3-2-4-10-17)23(27)28-14-20(26)25-19-13-7-11-16-8-5-6-12-18(16)19/h2-13H,14H2,1H3,(H,25,26). The molecule has 1 N–H and O–H groups in total. The van der Waals surface area contributed by atoms with E-state index < -0.39 is 5.97 Å². The number of carbonyl (C=O) groups excluding carboxylic acids is 2. The summed E-state index contributed by atoms with van der Waals surface area (Å²) in [5.74, 6) is -0.935. The fourth-order valence-corrected chi connectivity index (χ4v) is 3.97. The predicted molar refractivity (Wildman–Crippen MR) is 115 cm³/mol. The van der Waals surface area contributed by atoms with Crippen molar-refractivity contribution in [3.05, 3.63) is 83.4 Å². The minimum absolute atomic E-state index is 0.361. The number of nitrogens with one attached hydrogen (secondary N) is 1. The van der Waals surface area contributed by atoms with Crippen LogP contribution in [-0.4, -0.2) is 23.5 Å². The average Bonchev–Trinajstić information content (AvgIpc) is 3.15. The molecule has 1 aromatic heterocycles. The molecule has 29 heavy (non-hydrogen) atoms. The van der Waals surface area contributed by atoms with Crippen LogP contribution in [0.3, 0.4) is 0 Å². The topological polar surface area (TPSA) is 68.3 Å². The summed E-state index contributed by atoms with van der Waals surface area (Å²) >= 11 is 1.26. The van der Waals surface area contributed by atoms with Crippen LogP contribution in [0, 0.1) is 6.92 Å². The molecule has 144 valence electrons. The van der Waals surface area contributed by atoms with E-state index in [1.54, 1.807) is 6.92 Å². The van der Waals surface area contributed by atoms with Crippen LogP contribution in [0.2, 0.25) is 0 Å². The van der Waals surface area contributed by atoms with Crippen molar-refractivity contribution in [1.29, 1.82) is 0 Å². The minimum Gasteiger partial charge on any atom is -0.451 e. The smallest absolute Gasteiger partial charge is 0.350 e. The molecule has 0 spiro atoms. The van der Waals surface area contributed by atoms with Gasteiger partial charge in [-0.15, -0.1) is 11.3 Å². The van der Waals surface area contributed by atoms with Crippen LogP contribution in [-0.2, 0) is 9.53 Å². The predicted octanol–water partition coefficient (Wildman–Crippen LogP) is 5.07. The number of anilines is 1. The Balaban J connectivity index is 1.42. The summed E-state index contributed by atoms with van der Waals surface area (Å²) in [6.07, 6.45) is 0. The maximum atomic E-state index is 12.4. The third kappa shape index (κ3) is 4.17. The van der Waals surface area contributed by atoms with Gasteiger partial charge in [-0.25, -0.2) is 9.78 Å². The van der Waals surface area contributed by atoms with E-state index in [1.165, 1.54) is 11.3 Å². The Bertz CT molecular complexity index is 1180. The first-order valence-electron chi connectivity index (χ1n) is 9.09. The SMILES string of the molecule is Cc1nc(-c2ccccc2)sc1C(=O)OCC(=O)Nc1cccc2ccccc12. The van der Waals surface area contributed by atoms with Crippen LogP contribution in [0.15, 0.2) is 72.8 Å². The summed E-state index contributed by atoms with van der Waals surface area (Å²) in [6.45, 7) is 1.40. The average molecular weight is 402 g/mol. The van der Waals surface area contributed by atoms with Crippen molar-refractivity contribution in [1.82, 2.24) is 4.98 Å². The van der Waals surface area contributed by atoms with E-state index in [1.807, 2.05) is 72.8 Å². The number of aromatic nitrogens is 1. The first kappa shape index (κ1) is 18.8. The second-order valence-electron chi connectivity index (χ2n) is 6.45. The van der Waals surface area contributed by atoms with Crippen LogP contribution in [0.5, 0.6) is 0 Å². The van der Waals surface area contributed by atoms with Crippen LogP contribution in [0.4, 0.5) is 5.69 Å². The Hall–Kier alpha value is -3.51. The zero-order valence-corrected chi connectivity index (χ0v) is 16.5. The molecule has 0 fully saturated rings.